The second kappa shape index (κ2) is 8.05. The molecule has 1 amide bonds. The number of hydrogen-bond acceptors (Lipinski definition) is 2. The number of carbonyl (C=O) groups is 1. The molecule has 2 aromatic carbocycles. The fourth-order valence-corrected chi connectivity index (χ4v) is 2.77. The summed E-state index contributed by atoms with van der Waals surface area (Å²) < 4.78 is 37.9. The van der Waals surface area contributed by atoms with Gasteiger partial charge in [-0.05, 0) is 49.2 Å². The monoisotopic (exact) mass is 360 g/mol. The quantitative estimate of drug-likeness (QED) is 0.774. The molecule has 0 aliphatic rings. The third-order valence-electron chi connectivity index (χ3n) is 4.29. The van der Waals surface area contributed by atoms with E-state index in [1.54, 1.807) is 29.2 Å². The van der Waals surface area contributed by atoms with Crippen molar-refractivity contribution in [2.75, 3.05) is 6.54 Å². The summed E-state index contributed by atoms with van der Waals surface area (Å²) in [5, 5.41) is 8.86. The van der Waals surface area contributed by atoms with E-state index in [2.05, 4.69) is 0 Å². The van der Waals surface area contributed by atoms with Gasteiger partial charge in [0.25, 0.3) is 0 Å². The number of benzene rings is 2. The summed E-state index contributed by atoms with van der Waals surface area (Å²) in [5.41, 5.74) is 1.24. The Morgan fingerprint density at radius 2 is 1.69 bits per heavy atom. The number of likely N-dealkylation sites (N-methyl/N-ethyl adjacent to an activating group) is 1. The van der Waals surface area contributed by atoms with Crippen molar-refractivity contribution in [3.63, 3.8) is 0 Å². The standard InChI is InChI=1S/C20H19F3N2O/c1-3-25(14(2)17-8-4-16(13-24)5-9-17)19(26)12-15-6-10-18(11-7-15)20(21,22)23/h4-11,14H,3,12H2,1-2H3. The van der Waals surface area contributed by atoms with Crippen LogP contribution in [0, 0.1) is 11.3 Å². The zero-order chi connectivity index (χ0) is 19.3. The normalized spacial score (nSPS) is 12.3. The number of carbonyl (C=O) groups excluding carboxylic acids is 1. The number of halogens is 3. The Morgan fingerprint density at radius 1 is 1.12 bits per heavy atom. The van der Waals surface area contributed by atoms with Crippen LogP contribution in [-0.4, -0.2) is 17.4 Å². The molecule has 0 N–H and O–H groups in total. The average molecular weight is 360 g/mol. The zero-order valence-corrected chi connectivity index (χ0v) is 14.5. The molecule has 0 aliphatic heterocycles. The molecule has 3 nitrogen and oxygen atoms in total. The number of rotatable bonds is 5. The van der Waals surface area contributed by atoms with Crippen molar-refractivity contribution in [1.82, 2.24) is 4.90 Å². The lowest BCUT2D eigenvalue weighted by atomic mass is 10.0. The highest BCUT2D eigenvalue weighted by molar-refractivity contribution is 5.79. The van der Waals surface area contributed by atoms with Crippen LogP contribution in [0.4, 0.5) is 13.2 Å². The van der Waals surface area contributed by atoms with Gasteiger partial charge in [-0.25, -0.2) is 0 Å². The van der Waals surface area contributed by atoms with Gasteiger partial charge in [0.15, 0.2) is 0 Å². The first-order valence-electron chi connectivity index (χ1n) is 8.22. The van der Waals surface area contributed by atoms with Gasteiger partial charge in [0, 0.05) is 6.54 Å². The molecule has 0 aliphatic carbocycles. The van der Waals surface area contributed by atoms with Crippen molar-refractivity contribution in [2.24, 2.45) is 0 Å². The molecule has 0 aromatic heterocycles. The first-order chi connectivity index (χ1) is 12.3. The molecule has 26 heavy (non-hydrogen) atoms. The van der Waals surface area contributed by atoms with Crippen molar-refractivity contribution in [2.45, 2.75) is 32.5 Å². The SMILES string of the molecule is CCN(C(=O)Cc1ccc(C(F)(F)F)cc1)C(C)c1ccc(C#N)cc1. The lowest BCUT2D eigenvalue weighted by molar-refractivity contribution is -0.137. The molecule has 2 aromatic rings. The van der Waals surface area contributed by atoms with Gasteiger partial charge >= 0.3 is 6.18 Å². The molecule has 1 unspecified atom stereocenters. The van der Waals surface area contributed by atoms with E-state index in [0.29, 0.717) is 17.7 Å². The molecule has 0 saturated heterocycles. The minimum absolute atomic E-state index is 0.0343. The van der Waals surface area contributed by atoms with Gasteiger partial charge in [-0.1, -0.05) is 24.3 Å². The fraction of sp³-hybridized carbons (Fsp3) is 0.300. The third-order valence-corrected chi connectivity index (χ3v) is 4.29. The highest BCUT2D eigenvalue weighted by Gasteiger charge is 2.30. The van der Waals surface area contributed by atoms with Crippen LogP contribution >= 0.6 is 0 Å². The van der Waals surface area contributed by atoms with Crippen LogP contribution in [0.25, 0.3) is 0 Å². The molecule has 6 heteroatoms. The fourth-order valence-electron chi connectivity index (χ4n) is 2.77. The van der Waals surface area contributed by atoms with E-state index < -0.39 is 11.7 Å². The third kappa shape index (κ3) is 4.63. The Labute approximate surface area is 150 Å². The molecular formula is C20H19F3N2O. The molecule has 0 fully saturated rings. The predicted molar refractivity (Wildman–Crippen MR) is 92.1 cm³/mol. The van der Waals surface area contributed by atoms with Crippen molar-refractivity contribution < 1.29 is 18.0 Å². The Morgan fingerprint density at radius 3 is 2.15 bits per heavy atom. The van der Waals surface area contributed by atoms with Crippen LogP contribution in [0.1, 0.15) is 42.1 Å². The Hall–Kier alpha value is -2.81. The summed E-state index contributed by atoms with van der Waals surface area (Å²) in [7, 11) is 0. The Balaban J connectivity index is 2.11. The summed E-state index contributed by atoms with van der Waals surface area (Å²) in [6.45, 7) is 4.21. The molecule has 2 rings (SSSR count). The summed E-state index contributed by atoms with van der Waals surface area (Å²) in [4.78, 5) is 14.3. The number of alkyl halides is 3. The lowest BCUT2D eigenvalue weighted by Crippen LogP contribution is -2.34. The van der Waals surface area contributed by atoms with Crippen LogP contribution < -0.4 is 0 Å². The molecule has 1 atom stereocenters. The number of amides is 1. The van der Waals surface area contributed by atoms with Gasteiger partial charge < -0.3 is 4.90 Å². The maximum Gasteiger partial charge on any atom is 0.416 e. The topological polar surface area (TPSA) is 44.1 Å². The van der Waals surface area contributed by atoms with Crippen LogP contribution in [0.15, 0.2) is 48.5 Å². The molecule has 136 valence electrons. The smallest absolute Gasteiger partial charge is 0.336 e. The number of nitrogens with zero attached hydrogens (tertiary/aromatic N) is 2. The number of hydrogen-bond donors (Lipinski definition) is 0. The molecule has 0 radical (unpaired) electrons. The molecule has 0 heterocycles. The molecule has 0 saturated carbocycles. The van der Waals surface area contributed by atoms with Crippen LogP contribution in [0.3, 0.4) is 0 Å². The van der Waals surface area contributed by atoms with Crippen molar-refractivity contribution in [3.05, 3.63) is 70.8 Å². The second-order valence-corrected chi connectivity index (χ2v) is 5.96. The van der Waals surface area contributed by atoms with Gasteiger partial charge in [-0.15, -0.1) is 0 Å². The highest BCUT2D eigenvalue weighted by Crippen LogP contribution is 2.29. The van der Waals surface area contributed by atoms with Gasteiger partial charge in [0.2, 0.25) is 5.91 Å². The lowest BCUT2D eigenvalue weighted by Gasteiger charge is -2.28. The average Bonchev–Trinajstić information content (AvgIpc) is 2.62. The van der Waals surface area contributed by atoms with E-state index in [1.807, 2.05) is 19.9 Å². The van der Waals surface area contributed by atoms with E-state index in [1.165, 1.54) is 12.1 Å². The van der Waals surface area contributed by atoms with Crippen LogP contribution in [-0.2, 0) is 17.4 Å². The summed E-state index contributed by atoms with van der Waals surface area (Å²) in [6, 6.07) is 13.5. The minimum Gasteiger partial charge on any atom is -0.336 e. The summed E-state index contributed by atoms with van der Waals surface area (Å²) >= 11 is 0. The van der Waals surface area contributed by atoms with Gasteiger partial charge in [-0.3, -0.25) is 4.79 Å². The van der Waals surface area contributed by atoms with E-state index in [4.69, 9.17) is 5.26 Å². The van der Waals surface area contributed by atoms with E-state index in [9.17, 15) is 18.0 Å². The van der Waals surface area contributed by atoms with Crippen molar-refractivity contribution >= 4 is 5.91 Å². The molecule has 0 bridgehead atoms. The van der Waals surface area contributed by atoms with Crippen LogP contribution in [0.5, 0.6) is 0 Å². The molecule has 0 spiro atoms. The summed E-state index contributed by atoms with van der Waals surface area (Å²) in [6.07, 6.45) is -4.35. The summed E-state index contributed by atoms with van der Waals surface area (Å²) in [5.74, 6) is -0.163. The van der Waals surface area contributed by atoms with Gasteiger partial charge in [0.05, 0.1) is 29.7 Å². The largest absolute Gasteiger partial charge is 0.416 e. The van der Waals surface area contributed by atoms with Crippen LogP contribution in [0.2, 0.25) is 0 Å². The second-order valence-electron chi connectivity index (χ2n) is 5.96. The molecular weight excluding hydrogens is 341 g/mol. The first-order valence-corrected chi connectivity index (χ1v) is 8.22. The van der Waals surface area contributed by atoms with Crippen molar-refractivity contribution in [3.8, 4) is 6.07 Å². The minimum atomic E-state index is -4.39. The van der Waals surface area contributed by atoms with Gasteiger partial charge in [0.1, 0.15) is 0 Å². The Kier molecular flexibility index (Phi) is 6.04. The maximum absolute atomic E-state index is 12.6. The van der Waals surface area contributed by atoms with Gasteiger partial charge in [-0.2, -0.15) is 18.4 Å². The number of nitriles is 1. The van der Waals surface area contributed by atoms with E-state index in [-0.39, 0.29) is 18.4 Å². The highest BCUT2D eigenvalue weighted by atomic mass is 19.4. The van der Waals surface area contributed by atoms with E-state index >= 15 is 0 Å². The van der Waals surface area contributed by atoms with Crippen molar-refractivity contribution in [1.29, 1.82) is 5.26 Å². The maximum atomic E-state index is 12.6. The Bertz CT molecular complexity index is 790. The van der Waals surface area contributed by atoms with E-state index in [0.717, 1.165) is 17.7 Å². The zero-order valence-electron chi connectivity index (χ0n) is 14.5. The first kappa shape index (κ1) is 19.5. The predicted octanol–water partition coefficient (Wildman–Crippen LogP) is 4.73.